The summed E-state index contributed by atoms with van der Waals surface area (Å²) < 4.78 is 11.1. The Hall–Kier alpha value is -1.84. The number of likely N-dealkylation sites (tertiary alicyclic amines) is 1. The van der Waals surface area contributed by atoms with Crippen molar-refractivity contribution in [3.63, 3.8) is 0 Å². The summed E-state index contributed by atoms with van der Waals surface area (Å²) in [6.07, 6.45) is 0.383. The van der Waals surface area contributed by atoms with E-state index in [9.17, 15) is 5.11 Å². The zero-order valence-corrected chi connectivity index (χ0v) is 21.6. The number of nitrogens with zero attached hydrogens (tertiary/aromatic N) is 2. The number of aliphatic hydroxyl groups excluding tert-OH is 1. The molecule has 0 amide bonds. The van der Waals surface area contributed by atoms with Gasteiger partial charge in [-0.3, -0.25) is 4.99 Å². The molecule has 2 aromatic carbocycles. The number of benzene rings is 2. The van der Waals surface area contributed by atoms with E-state index in [1.165, 1.54) is 5.56 Å². The number of rotatable bonds is 9. The molecule has 2 N–H and O–H groups in total. The first-order valence-electron chi connectivity index (χ1n) is 11.1. The van der Waals surface area contributed by atoms with E-state index in [-0.39, 0.29) is 36.7 Å². The second-order valence-electron chi connectivity index (χ2n) is 7.94. The van der Waals surface area contributed by atoms with Crippen molar-refractivity contribution < 1.29 is 14.6 Å². The topological polar surface area (TPSA) is 66.3 Å². The minimum absolute atomic E-state index is 0. The van der Waals surface area contributed by atoms with Gasteiger partial charge in [0, 0.05) is 25.6 Å². The first kappa shape index (κ1) is 26.4. The van der Waals surface area contributed by atoms with Gasteiger partial charge in [0.1, 0.15) is 5.75 Å². The highest BCUT2D eigenvalue weighted by molar-refractivity contribution is 14.0. The lowest BCUT2D eigenvalue weighted by molar-refractivity contribution is 0.00106. The molecule has 0 bridgehead atoms. The van der Waals surface area contributed by atoms with Crippen LogP contribution in [-0.2, 0) is 4.74 Å². The standard InChI is InChI=1S/C25H35N3O3.HI/c1-4-26-25(27-16-23(29)18-31-19(2)20-8-6-5-7-9-20)28-15-14-22(17-28)21-10-12-24(30-3)13-11-21;/h5-13,19,22-23,29H,4,14-18H2,1-3H3,(H,26,27);1H. The predicted molar refractivity (Wildman–Crippen MR) is 140 cm³/mol. The maximum absolute atomic E-state index is 10.4. The lowest BCUT2D eigenvalue weighted by atomic mass is 9.98. The number of nitrogens with one attached hydrogen (secondary N) is 1. The third-order valence-electron chi connectivity index (χ3n) is 5.67. The van der Waals surface area contributed by atoms with Crippen LogP contribution in [0.1, 0.15) is 43.4 Å². The van der Waals surface area contributed by atoms with Crippen LogP contribution in [0.3, 0.4) is 0 Å². The summed E-state index contributed by atoms with van der Waals surface area (Å²) in [6, 6.07) is 18.4. The van der Waals surface area contributed by atoms with Crippen molar-refractivity contribution in [1.82, 2.24) is 10.2 Å². The van der Waals surface area contributed by atoms with Gasteiger partial charge in [-0.25, -0.2) is 0 Å². The first-order chi connectivity index (χ1) is 15.1. The van der Waals surface area contributed by atoms with Crippen molar-refractivity contribution in [2.75, 3.05) is 39.9 Å². The molecule has 2 aromatic rings. The Bertz CT molecular complexity index is 817. The largest absolute Gasteiger partial charge is 0.497 e. The van der Waals surface area contributed by atoms with Gasteiger partial charge in [0.25, 0.3) is 0 Å². The molecule has 7 heteroatoms. The van der Waals surface area contributed by atoms with E-state index >= 15 is 0 Å². The SMILES string of the molecule is CCNC(=NCC(O)COC(C)c1ccccc1)N1CCC(c2ccc(OC)cc2)C1.I. The van der Waals surface area contributed by atoms with E-state index in [2.05, 4.69) is 34.3 Å². The van der Waals surface area contributed by atoms with Crippen molar-refractivity contribution in [2.45, 2.75) is 38.4 Å². The van der Waals surface area contributed by atoms with E-state index < -0.39 is 6.10 Å². The van der Waals surface area contributed by atoms with Gasteiger partial charge in [0.15, 0.2) is 5.96 Å². The van der Waals surface area contributed by atoms with Crippen molar-refractivity contribution in [3.05, 3.63) is 65.7 Å². The predicted octanol–water partition coefficient (Wildman–Crippen LogP) is 4.21. The molecule has 1 heterocycles. The van der Waals surface area contributed by atoms with Crippen molar-refractivity contribution in [1.29, 1.82) is 0 Å². The third kappa shape index (κ3) is 7.64. The highest BCUT2D eigenvalue weighted by Gasteiger charge is 2.26. The van der Waals surface area contributed by atoms with Gasteiger partial charge in [-0.2, -0.15) is 0 Å². The number of hydrogen-bond acceptors (Lipinski definition) is 4. The smallest absolute Gasteiger partial charge is 0.194 e. The number of aliphatic imine (C=N–C) groups is 1. The van der Waals surface area contributed by atoms with Crippen LogP contribution in [0.2, 0.25) is 0 Å². The molecule has 3 atom stereocenters. The molecular weight excluding hydrogens is 517 g/mol. The normalized spacial score (nSPS) is 18.1. The van der Waals surface area contributed by atoms with Crippen LogP contribution in [0.5, 0.6) is 5.75 Å². The number of hydrogen-bond donors (Lipinski definition) is 2. The quantitative estimate of drug-likeness (QED) is 0.277. The van der Waals surface area contributed by atoms with Gasteiger partial charge in [-0.05, 0) is 43.5 Å². The number of aliphatic hydroxyl groups is 1. The van der Waals surface area contributed by atoms with Crippen LogP contribution in [0.4, 0.5) is 0 Å². The van der Waals surface area contributed by atoms with Crippen LogP contribution in [-0.4, -0.2) is 62.0 Å². The summed E-state index contributed by atoms with van der Waals surface area (Å²) >= 11 is 0. The fraction of sp³-hybridized carbons (Fsp3) is 0.480. The van der Waals surface area contributed by atoms with Gasteiger partial charge in [-0.1, -0.05) is 42.5 Å². The minimum Gasteiger partial charge on any atom is -0.497 e. The summed E-state index contributed by atoms with van der Waals surface area (Å²) in [5.41, 5.74) is 2.43. The molecule has 3 unspecified atom stereocenters. The average molecular weight is 553 g/mol. The maximum atomic E-state index is 10.4. The van der Waals surface area contributed by atoms with Gasteiger partial charge >= 0.3 is 0 Å². The van der Waals surface area contributed by atoms with Gasteiger partial charge in [0.2, 0.25) is 0 Å². The highest BCUT2D eigenvalue weighted by atomic mass is 127. The van der Waals surface area contributed by atoms with Crippen LogP contribution in [0.15, 0.2) is 59.6 Å². The fourth-order valence-corrected chi connectivity index (χ4v) is 3.85. The van der Waals surface area contributed by atoms with Crippen LogP contribution in [0, 0.1) is 0 Å². The van der Waals surface area contributed by atoms with Gasteiger partial charge in [0.05, 0.1) is 32.5 Å². The van der Waals surface area contributed by atoms with Crippen LogP contribution in [0.25, 0.3) is 0 Å². The Morgan fingerprint density at radius 3 is 2.56 bits per heavy atom. The lowest BCUT2D eigenvalue weighted by Gasteiger charge is -2.22. The number of guanidine groups is 1. The maximum Gasteiger partial charge on any atom is 0.194 e. The molecule has 0 spiro atoms. The summed E-state index contributed by atoms with van der Waals surface area (Å²) in [5, 5.41) is 13.8. The highest BCUT2D eigenvalue weighted by Crippen LogP contribution is 2.28. The van der Waals surface area contributed by atoms with Gasteiger partial charge < -0.3 is 24.8 Å². The third-order valence-corrected chi connectivity index (χ3v) is 5.67. The molecule has 0 saturated carbocycles. The zero-order chi connectivity index (χ0) is 22.1. The van der Waals surface area contributed by atoms with Gasteiger partial charge in [-0.15, -0.1) is 24.0 Å². The Kier molecular flexibility index (Phi) is 11.3. The van der Waals surface area contributed by atoms with Crippen molar-refractivity contribution in [2.24, 2.45) is 4.99 Å². The Morgan fingerprint density at radius 1 is 1.19 bits per heavy atom. The Labute approximate surface area is 209 Å². The van der Waals surface area contributed by atoms with E-state index in [0.717, 1.165) is 43.3 Å². The first-order valence-corrected chi connectivity index (χ1v) is 11.1. The molecular formula is C25H36IN3O3. The zero-order valence-electron chi connectivity index (χ0n) is 19.2. The Balaban J connectivity index is 0.00000363. The second kappa shape index (κ2) is 13.6. The molecule has 1 aliphatic rings. The molecule has 176 valence electrons. The summed E-state index contributed by atoms with van der Waals surface area (Å²) in [7, 11) is 1.69. The lowest BCUT2D eigenvalue weighted by Crippen LogP contribution is -2.40. The molecule has 3 rings (SSSR count). The molecule has 32 heavy (non-hydrogen) atoms. The van der Waals surface area contributed by atoms with Crippen molar-refractivity contribution >= 4 is 29.9 Å². The minimum atomic E-state index is -0.639. The summed E-state index contributed by atoms with van der Waals surface area (Å²) in [5.74, 6) is 2.20. The van der Waals surface area contributed by atoms with Crippen LogP contribution < -0.4 is 10.1 Å². The number of halogens is 1. The molecule has 0 aliphatic carbocycles. The van der Waals surface area contributed by atoms with E-state index in [4.69, 9.17) is 9.47 Å². The summed E-state index contributed by atoms with van der Waals surface area (Å²) in [4.78, 5) is 6.96. The number of methoxy groups -OCH3 is 1. The van der Waals surface area contributed by atoms with Crippen molar-refractivity contribution in [3.8, 4) is 5.75 Å². The van der Waals surface area contributed by atoms with E-state index in [1.54, 1.807) is 7.11 Å². The van der Waals surface area contributed by atoms with E-state index in [0.29, 0.717) is 12.5 Å². The fourth-order valence-electron chi connectivity index (χ4n) is 3.85. The van der Waals surface area contributed by atoms with Crippen LogP contribution >= 0.6 is 24.0 Å². The molecule has 1 aliphatic heterocycles. The molecule has 0 aromatic heterocycles. The molecule has 6 nitrogen and oxygen atoms in total. The average Bonchev–Trinajstić information content (AvgIpc) is 3.31. The number of ether oxygens (including phenoxy) is 2. The molecule has 1 fully saturated rings. The van der Waals surface area contributed by atoms with E-state index in [1.807, 2.05) is 49.4 Å². The molecule has 0 radical (unpaired) electrons. The summed E-state index contributed by atoms with van der Waals surface area (Å²) in [6.45, 7) is 7.28. The second-order valence-corrected chi connectivity index (χ2v) is 7.94. The molecule has 1 saturated heterocycles. The monoisotopic (exact) mass is 553 g/mol. The Morgan fingerprint density at radius 2 is 1.91 bits per heavy atom.